The van der Waals surface area contributed by atoms with Crippen molar-refractivity contribution in [3.63, 3.8) is 0 Å². The molecule has 206 valence electrons. The van der Waals surface area contributed by atoms with Crippen molar-refractivity contribution < 1.29 is 22.7 Å². The molecule has 0 unspecified atom stereocenters. The lowest BCUT2D eigenvalue weighted by Crippen LogP contribution is -2.49. The van der Waals surface area contributed by atoms with Crippen molar-refractivity contribution in [1.82, 2.24) is 0 Å². The van der Waals surface area contributed by atoms with Crippen molar-refractivity contribution in [2.75, 3.05) is 47.4 Å². The summed E-state index contributed by atoms with van der Waals surface area (Å²) < 4.78 is 40.5. The fraction of sp³-hybridized carbons (Fsp3) is 0.367. The molecule has 5 rings (SSSR count). The Labute approximate surface area is 230 Å². The van der Waals surface area contributed by atoms with Crippen LogP contribution >= 0.6 is 0 Å². The van der Waals surface area contributed by atoms with E-state index < -0.39 is 22.0 Å². The van der Waals surface area contributed by atoms with Crippen molar-refractivity contribution in [3.8, 4) is 5.75 Å². The summed E-state index contributed by atoms with van der Waals surface area (Å²) in [4.78, 5) is 15.8. The van der Waals surface area contributed by atoms with Gasteiger partial charge in [-0.2, -0.15) is 0 Å². The number of nitrogens with one attached hydrogen (secondary N) is 1. The van der Waals surface area contributed by atoms with Gasteiger partial charge >= 0.3 is 0 Å². The lowest BCUT2D eigenvalue weighted by Gasteiger charge is -2.36. The average Bonchev–Trinajstić information content (AvgIpc) is 2.92. The van der Waals surface area contributed by atoms with E-state index in [0.717, 1.165) is 29.9 Å². The Kier molecular flexibility index (Phi) is 7.31. The molecule has 3 aromatic rings. The Morgan fingerprint density at radius 1 is 0.949 bits per heavy atom. The number of carbonyl (C=O) groups excluding carboxylic acids is 1. The molecule has 39 heavy (non-hydrogen) atoms. The van der Waals surface area contributed by atoms with Crippen molar-refractivity contribution in [3.05, 3.63) is 77.9 Å². The van der Waals surface area contributed by atoms with E-state index in [2.05, 4.69) is 31.0 Å². The van der Waals surface area contributed by atoms with Crippen LogP contribution in [0.15, 0.2) is 71.6 Å². The maximum Gasteiger partial charge on any atom is 0.267 e. The second-order valence-electron chi connectivity index (χ2n) is 11.0. The highest BCUT2D eigenvalue weighted by molar-refractivity contribution is 7.92. The van der Waals surface area contributed by atoms with E-state index in [1.807, 2.05) is 43.3 Å². The molecule has 9 heteroatoms. The summed E-state index contributed by atoms with van der Waals surface area (Å²) in [5.74, 6) is -0.0588. The molecule has 1 fully saturated rings. The molecule has 1 atom stereocenters. The first kappa shape index (κ1) is 27.0. The van der Waals surface area contributed by atoms with Crippen molar-refractivity contribution in [2.45, 2.75) is 44.1 Å². The SMILES string of the molecule is Cc1ccc(S(=O)(=O)N2C[C@H](C(=O)Nc3ccc(N4CCOCC4)cc3)Oc3ccc(C(C)(C)C)cc32)cc1. The lowest BCUT2D eigenvalue weighted by molar-refractivity contribution is -0.122. The number of sulfonamides is 1. The van der Waals surface area contributed by atoms with E-state index in [4.69, 9.17) is 9.47 Å². The molecule has 2 heterocycles. The maximum atomic E-state index is 13.9. The van der Waals surface area contributed by atoms with Gasteiger partial charge in [-0.25, -0.2) is 8.42 Å². The minimum Gasteiger partial charge on any atom is -0.476 e. The normalized spacial score (nSPS) is 17.8. The predicted octanol–water partition coefficient (Wildman–Crippen LogP) is 4.72. The molecular weight excluding hydrogens is 514 g/mol. The quantitative estimate of drug-likeness (QED) is 0.495. The molecule has 0 aromatic heterocycles. The van der Waals surface area contributed by atoms with Gasteiger partial charge in [0.25, 0.3) is 15.9 Å². The molecule has 1 N–H and O–H groups in total. The molecule has 0 bridgehead atoms. The Hall–Kier alpha value is -3.56. The number of nitrogens with zero attached hydrogens (tertiary/aromatic N) is 2. The Balaban J connectivity index is 1.42. The Bertz CT molecular complexity index is 1440. The van der Waals surface area contributed by atoms with E-state index in [9.17, 15) is 13.2 Å². The first-order valence-corrected chi connectivity index (χ1v) is 14.6. The highest BCUT2D eigenvalue weighted by atomic mass is 32.2. The average molecular weight is 550 g/mol. The first-order chi connectivity index (χ1) is 18.5. The van der Waals surface area contributed by atoms with Crippen LogP contribution in [0.3, 0.4) is 0 Å². The van der Waals surface area contributed by atoms with Crippen LogP contribution in [-0.2, 0) is 25.0 Å². The third kappa shape index (κ3) is 5.74. The minimum atomic E-state index is -3.95. The number of ether oxygens (including phenoxy) is 2. The number of hydrogen-bond donors (Lipinski definition) is 1. The number of benzene rings is 3. The van der Waals surface area contributed by atoms with Gasteiger partial charge < -0.3 is 19.7 Å². The van der Waals surface area contributed by atoms with Crippen LogP contribution in [-0.4, -0.2) is 53.3 Å². The smallest absolute Gasteiger partial charge is 0.267 e. The van der Waals surface area contributed by atoms with Crippen LogP contribution in [0, 0.1) is 6.92 Å². The fourth-order valence-corrected chi connectivity index (χ4v) is 6.19. The summed E-state index contributed by atoms with van der Waals surface area (Å²) in [6, 6.07) is 19.8. The zero-order valence-corrected chi connectivity index (χ0v) is 23.6. The predicted molar refractivity (Wildman–Crippen MR) is 153 cm³/mol. The highest BCUT2D eigenvalue weighted by Gasteiger charge is 2.38. The molecule has 1 amide bonds. The summed E-state index contributed by atoms with van der Waals surface area (Å²) in [6.07, 6.45) is -1.03. The number of carbonyl (C=O) groups is 1. The van der Waals surface area contributed by atoms with Gasteiger partial charge in [-0.05, 0) is 66.4 Å². The molecule has 1 saturated heterocycles. The van der Waals surface area contributed by atoms with Gasteiger partial charge in [-0.3, -0.25) is 9.10 Å². The van der Waals surface area contributed by atoms with Gasteiger partial charge in [0.1, 0.15) is 5.75 Å². The molecule has 2 aliphatic rings. The maximum absolute atomic E-state index is 13.9. The standard InChI is InChI=1S/C30H35N3O5S/c1-21-5-12-25(13-6-21)39(35,36)33-20-28(38-27-14-7-22(19-26(27)33)30(2,3)4)29(34)31-23-8-10-24(11-9-23)32-15-17-37-18-16-32/h5-14,19,28H,15-18,20H2,1-4H3,(H,31,34)/t28-/m1/s1. The van der Waals surface area contributed by atoms with Gasteiger partial charge in [0, 0.05) is 24.5 Å². The summed E-state index contributed by atoms with van der Waals surface area (Å²) >= 11 is 0. The third-order valence-electron chi connectivity index (χ3n) is 7.11. The topological polar surface area (TPSA) is 88.2 Å². The lowest BCUT2D eigenvalue weighted by atomic mass is 9.86. The van der Waals surface area contributed by atoms with Crippen LogP contribution in [0.5, 0.6) is 5.75 Å². The first-order valence-electron chi connectivity index (χ1n) is 13.2. The molecule has 0 saturated carbocycles. The largest absolute Gasteiger partial charge is 0.476 e. The Morgan fingerprint density at radius 2 is 1.62 bits per heavy atom. The second-order valence-corrected chi connectivity index (χ2v) is 12.9. The molecule has 0 aliphatic carbocycles. The molecule has 3 aromatic carbocycles. The molecule has 0 spiro atoms. The molecule has 0 radical (unpaired) electrons. The van der Waals surface area contributed by atoms with Crippen LogP contribution in [0.25, 0.3) is 0 Å². The van der Waals surface area contributed by atoms with Gasteiger partial charge in [0.2, 0.25) is 0 Å². The monoisotopic (exact) mass is 549 g/mol. The van der Waals surface area contributed by atoms with Gasteiger partial charge in [0.05, 0.1) is 30.3 Å². The van der Waals surface area contributed by atoms with E-state index in [1.54, 1.807) is 30.3 Å². The number of hydrogen-bond acceptors (Lipinski definition) is 6. The minimum absolute atomic E-state index is 0.144. The van der Waals surface area contributed by atoms with Gasteiger partial charge in [-0.15, -0.1) is 0 Å². The van der Waals surface area contributed by atoms with E-state index >= 15 is 0 Å². The van der Waals surface area contributed by atoms with Crippen LogP contribution in [0.4, 0.5) is 17.1 Å². The molecule has 2 aliphatic heterocycles. The highest BCUT2D eigenvalue weighted by Crippen LogP contribution is 2.40. The van der Waals surface area contributed by atoms with Gasteiger partial charge in [0.15, 0.2) is 6.10 Å². The summed E-state index contributed by atoms with van der Waals surface area (Å²) in [5.41, 5.74) is 3.84. The zero-order valence-electron chi connectivity index (χ0n) is 22.8. The summed E-state index contributed by atoms with van der Waals surface area (Å²) in [6.45, 7) is 11.0. The van der Waals surface area contributed by atoms with E-state index in [-0.39, 0.29) is 16.9 Å². The fourth-order valence-electron chi connectivity index (χ4n) is 4.72. The van der Waals surface area contributed by atoms with Crippen molar-refractivity contribution >= 4 is 33.0 Å². The van der Waals surface area contributed by atoms with E-state index in [0.29, 0.717) is 30.3 Å². The van der Waals surface area contributed by atoms with Gasteiger partial charge in [-0.1, -0.05) is 44.5 Å². The summed E-state index contributed by atoms with van der Waals surface area (Å²) in [7, 11) is -3.95. The number of aryl methyl sites for hydroxylation is 1. The second kappa shape index (κ2) is 10.5. The third-order valence-corrected chi connectivity index (χ3v) is 8.90. The number of rotatable bonds is 5. The zero-order chi connectivity index (χ0) is 27.8. The number of anilines is 3. The Morgan fingerprint density at radius 3 is 2.26 bits per heavy atom. The van der Waals surface area contributed by atoms with E-state index in [1.165, 1.54) is 4.31 Å². The molecular formula is C30H35N3O5S. The van der Waals surface area contributed by atoms with Crippen molar-refractivity contribution in [2.24, 2.45) is 0 Å². The molecule has 8 nitrogen and oxygen atoms in total. The van der Waals surface area contributed by atoms with Crippen LogP contribution < -0.4 is 19.3 Å². The number of fused-ring (bicyclic) bond motifs is 1. The number of amides is 1. The van der Waals surface area contributed by atoms with Crippen LogP contribution in [0.2, 0.25) is 0 Å². The number of morpholine rings is 1. The van der Waals surface area contributed by atoms with Crippen molar-refractivity contribution in [1.29, 1.82) is 0 Å². The van der Waals surface area contributed by atoms with Crippen LogP contribution in [0.1, 0.15) is 31.9 Å². The summed E-state index contributed by atoms with van der Waals surface area (Å²) in [5, 5.41) is 2.90.